The molecule has 4 atom stereocenters. The van der Waals surface area contributed by atoms with Gasteiger partial charge in [0.25, 0.3) is 0 Å². The highest BCUT2D eigenvalue weighted by Gasteiger charge is 2.44. The van der Waals surface area contributed by atoms with Crippen LogP contribution in [0.2, 0.25) is 0 Å². The third kappa shape index (κ3) is 2.73. The van der Waals surface area contributed by atoms with E-state index >= 15 is 0 Å². The van der Waals surface area contributed by atoms with E-state index in [0.717, 1.165) is 0 Å². The number of imidazole rings is 1. The lowest BCUT2D eigenvalue weighted by Crippen LogP contribution is -2.49. The summed E-state index contributed by atoms with van der Waals surface area (Å²) in [5.41, 5.74) is -0.594. The van der Waals surface area contributed by atoms with Crippen LogP contribution in [0.5, 0.6) is 0 Å². The van der Waals surface area contributed by atoms with Gasteiger partial charge in [0.05, 0.1) is 25.1 Å². The molecule has 1 saturated carbocycles. The molecule has 1 aliphatic carbocycles. The Kier molecular flexibility index (Phi) is 4.43. The van der Waals surface area contributed by atoms with Gasteiger partial charge in [-0.05, 0) is 19.3 Å². The van der Waals surface area contributed by atoms with Gasteiger partial charge in [-0.3, -0.25) is 0 Å². The van der Waals surface area contributed by atoms with Crippen LogP contribution < -0.4 is 4.90 Å². The maximum atomic E-state index is 10.7. The minimum atomic E-state index is -1.67. The maximum Gasteiger partial charge on any atom is 0.165 e. The van der Waals surface area contributed by atoms with Crippen molar-refractivity contribution in [2.75, 3.05) is 25.6 Å². The van der Waals surface area contributed by atoms with Crippen molar-refractivity contribution in [2.45, 2.75) is 43.1 Å². The van der Waals surface area contributed by atoms with Crippen LogP contribution in [0, 0.1) is 0 Å². The number of fused-ring (bicyclic) bond motifs is 1. The molecule has 0 aliphatic heterocycles. The second kappa shape index (κ2) is 6.25. The molecule has 4 N–H and O–H groups in total. The van der Waals surface area contributed by atoms with Gasteiger partial charge in [-0.15, -0.1) is 0 Å². The maximum absolute atomic E-state index is 10.7. The molecular weight excluding hydrogens is 314 g/mol. The summed E-state index contributed by atoms with van der Waals surface area (Å²) in [4.78, 5) is 14.6. The Hall–Kier alpha value is -1.81. The van der Waals surface area contributed by atoms with E-state index in [0.29, 0.717) is 23.4 Å². The molecule has 0 aromatic carbocycles. The SMILES string of the molecule is CN(C)c1ncnc2c1ncn2[C@@H]1C[C@H](O)CC[C@@](O)(CO)[C@@H]1O. The Morgan fingerprint density at radius 1 is 1.29 bits per heavy atom. The lowest BCUT2D eigenvalue weighted by Gasteiger charge is -2.34. The molecule has 0 amide bonds. The van der Waals surface area contributed by atoms with Crippen LogP contribution in [0.15, 0.2) is 12.7 Å². The largest absolute Gasteiger partial charge is 0.393 e. The quantitative estimate of drug-likeness (QED) is 0.529. The molecule has 0 bridgehead atoms. The molecule has 1 aliphatic rings. The van der Waals surface area contributed by atoms with Crippen molar-refractivity contribution in [1.29, 1.82) is 0 Å². The number of aliphatic hydroxyl groups excluding tert-OH is 3. The second-order valence-electron chi connectivity index (χ2n) is 6.62. The summed E-state index contributed by atoms with van der Waals surface area (Å²) < 4.78 is 1.64. The number of aromatic nitrogens is 4. The highest BCUT2D eigenvalue weighted by atomic mass is 16.4. The van der Waals surface area contributed by atoms with Crippen molar-refractivity contribution in [2.24, 2.45) is 0 Å². The van der Waals surface area contributed by atoms with Gasteiger partial charge < -0.3 is 29.9 Å². The van der Waals surface area contributed by atoms with Gasteiger partial charge in [0.15, 0.2) is 17.0 Å². The van der Waals surface area contributed by atoms with E-state index in [1.54, 1.807) is 4.57 Å². The minimum Gasteiger partial charge on any atom is -0.393 e. The van der Waals surface area contributed by atoms with Crippen molar-refractivity contribution < 1.29 is 20.4 Å². The number of nitrogens with zero attached hydrogens (tertiary/aromatic N) is 5. The van der Waals surface area contributed by atoms with Crippen LogP contribution in [-0.2, 0) is 0 Å². The zero-order valence-corrected chi connectivity index (χ0v) is 13.7. The third-order valence-corrected chi connectivity index (χ3v) is 4.73. The Labute approximate surface area is 139 Å². The van der Waals surface area contributed by atoms with E-state index in [1.807, 2.05) is 19.0 Å². The molecular formula is C15H23N5O4. The number of aliphatic hydroxyl groups is 4. The first-order valence-electron chi connectivity index (χ1n) is 7.91. The van der Waals surface area contributed by atoms with Gasteiger partial charge in [0, 0.05) is 14.1 Å². The van der Waals surface area contributed by atoms with E-state index in [9.17, 15) is 20.4 Å². The van der Waals surface area contributed by atoms with Crippen molar-refractivity contribution in [3.05, 3.63) is 12.7 Å². The first-order valence-corrected chi connectivity index (χ1v) is 7.91. The molecule has 0 unspecified atom stereocenters. The molecule has 0 saturated heterocycles. The van der Waals surface area contributed by atoms with Gasteiger partial charge in [-0.1, -0.05) is 0 Å². The Bertz CT molecular complexity index is 721. The summed E-state index contributed by atoms with van der Waals surface area (Å²) in [6.07, 6.45) is 1.63. The topological polar surface area (TPSA) is 128 Å². The number of rotatable bonds is 3. The highest BCUT2D eigenvalue weighted by molar-refractivity contribution is 5.83. The fourth-order valence-corrected chi connectivity index (χ4v) is 3.30. The highest BCUT2D eigenvalue weighted by Crippen LogP contribution is 2.36. The summed E-state index contributed by atoms with van der Waals surface area (Å²) in [5.74, 6) is 0.639. The van der Waals surface area contributed by atoms with Crippen molar-refractivity contribution >= 4 is 17.0 Å². The molecule has 24 heavy (non-hydrogen) atoms. The third-order valence-electron chi connectivity index (χ3n) is 4.73. The fraction of sp³-hybridized carbons (Fsp3) is 0.667. The Morgan fingerprint density at radius 2 is 2.04 bits per heavy atom. The summed E-state index contributed by atoms with van der Waals surface area (Å²) in [5, 5.41) is 40.9. The zero-order chi connectivity index (χ0) is 17.5. The average Bonchev–Trinajstić information content (AvgIpc) is 2.96. The van der Waals surface area contributed by atoms with Crippen LogP contribution in [-0.4, -0.2) is 78.5 Å². The van der Waals surface area contributed by atoms with Crippen molar-refractivity contribution in [3.63, 3.8) is 0 Å². The van der Waals surface area contributed by atoms with Crippen LogP contribution in [0.4, 0.5) is 5.82 Å². The normalized spacial score (nSPS) is 31.2. The summed E-state index contributed by atoms with van der Waals surface area (Å²) in [6, 6.07) is -0.658. The molecule has 2 aromatic heterocycles. The Balaban J connectivity index is 2.09. The van der Waals surface area contributed by atoms with Crippen LogP contribution >= 0.6 is 0 Å². The minimum absolute atomic E-state index is 0.118. The summed E-state index contributed by atoms with van der Waals surface area (Å²) >= 11 is 0. The van der Waals surface area contributed by atoms with Crippen molar-refractivity contribution in [3.8, 4) is 0 Å². The Morgan fingerprint density at radius 3 is 2.71 bits per heavy atom. The molecule has 0 spiro atoms. The molecule has 132 valence electrons. The van der Waals surface area contributed by atoms with E-state index in [1.165, 1.54) is 12.7 Å². The zero-order valence-electron chi connectivity index (χ0n) is 13.7. The van der Waals surface area contributed by atoms with Gasteiger partial charge >= 0.3 is 0 Å². The predicted molar refractivity (Wildman–Crippen MR) is 86.6 cm³/mol. The van der Waals surface area contributed by atoms with E-state index in [-0.39, 0.29) is 12.8 Å². The number of hydrogen-bond donors (Lipinski definition) is 4. The monoisotopic (exact) mass is 337 g/mol. The van der Waals surface area contributed by atoms with E-state index < -0.39 is 30.5 Å². The number of hydrogen-bond acceptors (Lipinski definition) is 8. The molecule has 9 heteroatoms. The van der Waals surface area contributed by atoms with Crippen LogP contribution in [0.1, 0.15) is 25.3 Å². The summed E-state index contributed by atoms with van der Waals surface area (Å²) in [7, 11) is 3.69. The summed E-state index contributed by atoms with van der Waals surface area (Å²) in [6.45, 7) is -0.581. The smallest absolute Gasteiger partial charge is 0.165 e. The molecule has 1 fully saturated rings. The van der Waals surface area contributed by atoms with E-state index in [4.69, 9.17) is 0 Å². The standard InChI is InChI=1S/C15H23N5O4/c1-19(2)13-11-14(17-7-16-13)20(8-18-11)10-5-9(22)3-4-15(24,6-21)12(10)23/h7-10,12,21-24H,3-6H2,1-2H3/t9-,10-,12-,15-/m1/s1. The van der Waals surface area contributed by atoms with E-state index in [2.05, 4.69) is 15.0 Å². The van der Waals surface area contributed by atoms with Gasteiger partial charge in [-0.2, -0.15) is 0 Å². The second-order valence-corrected chi connectivity index (χ2v) is 6.62. The van der Waals surface area contributed by atoms with Gasteiger partial charge in [0.2, 0.25) is 0 Å². The molecule has 0 radical (unpaired) electrons. The molecule has 2 heterocycles. The number of anilines is 1. The lowest BCUT2D eigenvalue weighted by atomic mass is 9.90. The van der Waals surface area contributed by atoms with Crippen LogP contribution in [0.25, 0.3) is 11.2 Å². The van der Waals surface area contributed by atoms with Gasteiger partial charge in [-0.25, -0.2) is 15.0 Å². The average molecular weight is 337 g/mol. The molecule has 3 rings (SSSR count). The van der Waals surface area contributed by atoms with Gasteiger partial charge in [0.1, 0.15) is 18.0 Å². The lowest BCUT2D eigenvalue weighted by molar-refractivity contribution is -0.122. The first-order chi connectivity index (χ1) is 11.4. The van der Waals surface area contributed by atoms with Crippen LogP contribution in [0.3, 0.4) is 0 Å². The first kappa shape index (κ1) is 17.0. The molecule has 2 aromatic rings. The predicted octanol–water partition coefficient (Wildman–Crippen LogP) is -0.938. The fourth-order valence-electron chi connectivity index (χ4n) is 3.30. The van der Waals surface area contributed by atoms with Crippen molar-refractivity contribution in [1.82, 2.24) is 19.5 Å². The molecule has 9 nitrogen and oxygen atoms in total.